The van der Waals surface area contributed by atoms with Crippen LogP contribution in [0, 0.1) is 0 Å². The molecule has 0 saturated heterocycles. The van der Waals surface area contributed by atoms with Crippen molar-refractivity contribution in [1.82, 2.24) is 10.6 Å². The number of carbonyl (C=O) groups is 1. The predicted octanol–water partition coefficient (Wildman–Crippen LogP) is 1.44. The molecule has 2 N–H and O–H groups in total. The molecule has 0 spiro atoms. The van der Waals surface area contributed by atoms with Crippen molar-refractivity contribution in [3.63, 3.8) is 0 Å². The van der Waals surface area contributed by atoms with E-state index in [4.69, 9.17) is 4.74 Å². The molecule has 0 atom stereocenters. The highest BCUT2D eigenvalue weighted by Crippen LogP contribution is 2.19. The van der Waals surface area contributed by atoms with Gasteiger partial charge in [-0.15, -0.1) is 0 Å². The summed E-state index contributed by atoms with van der Waals surface area (Å²) in [6, 6.07) is 6.01. The number of methoxy groups -OCH3 is 1. The second kappa shape index (κ2) is 6.91. The van der Waals surface area contributed by atoms with Gasteiger partial charge in [-0.1, -0.05) is 13.0 Å². The van der Waals surface area contributed by atoms with Gasteiger partial charge < -0.3 is 15.4 Å². The Kier molecular flexibility index (Phi) is 5.49. The summed E-state index contributed by atoms with van der Waals surface area (Å²) >= 11 is 0. The van der Waals surface area contributed by atoms with Crippen LogP contribution in [-0.4, -0.2) is 19.6 Å². The minimum Gasteiger partial charge on any atom is -0.496 e. The van der Waals surface area contributed by atoms with Crippen molar-refractivity contribution in [3.05, 3.63) is 29.3 Å². The molecule has 0 bridgehead atoms. The Hall–Kier alpha value is -1.55. The SMILES string of the molecule is CCNCc1ccc(OC)c(CNC(C)=O)c1. The van der Waals surface area contributed by atoms with E-state index >= 15 is 0 Å². The zero-order valence-corrected chi connectivity index (χ0v) is 10.7. The van der Waals surface area contributed by atoms with Gasteiger partial charge in [0.05, 0.1) is 7.11 Å². The van der Waals surface area contributed by atoms with E-state index in [1.54, 1.807) is 7.11 Å². The van der Waals surface area contributed by atoms with E-state index in [0.29, 0.717) is 6.54 Å². The average molecular weight is 236 g/mol. The molecule has 0 aromatic heterocycles. The number of hydrogen-bond donors (Lipinski definition) is 2. The molecule has 94 valence electrons. The maximum Gasteiger partial charge on any atom is 0.217 e. The quantitative estimate of drug-likeness (QED) is 0.786. The van der Waals surface area contributed by atoms with Crippen molar-refractivity contribution in [2.75, 3.05) is 13.7 Å². The molecule has 17 heavy (non-hydrogen) atoms. The van der Waals surface area contributed by atoms with Crippen LogP contribution in [0.4, 0.5) is 0 Å². The van der Waals surface area contributed by atoms with Gasteiger partial charge in [-0.05, 0) is 24.2 Å². The van der Waals surface area contributed by atoms with E-state index in [-0.39, 0.29) is 5.91 Å². The van der Waals surface area contributed by atoms with Crippen molar-refractivity contribution in [3.8, 4) is 5.75 Å². The summed E-state index contributed by atoms with van der Waals surface area (Å²) in [6.07, 6.45) is 0. The third kappa shape index (κ3) is 4.44. The van der Waals surface area contributed by atoms with Crippen molar-refractivity contribution in [2.45, 2.75) is 26.9 Å². The van der Waals surface area contributed by atoms with E-state index in [1.807, 2.05) is 12.1 Å². The lowest BCUT2D eigenvalue weighted by Crippen LogP contribution is -2.19. The molecule has 0 fully saturated rings. The number of rotatable bonds is 6. The van der Waals surface area contributed by atoms with E-state index in [0.717, 1.165) is 24.4 Å². The normalized spacial score (nSPS) is 10.1. The maximum atomic E-state index is 10.9. The smallest absolute Gasteiger partial charge is 0.217 e. The van der Waals surface area contributed by atoms with Crippen molar-refractivity contribution in [2.24, 2.45) is 0 Å². The Labute approximate surface area is 102 Å². The molecule has 0 aliphatic rings. The number of ether oxygens (including phenoxy) is 1. The Morgan fingerprint density at radius 1 is 1.35 bits per heavy atom. The summed E-state index contributed by atoms with van der Waals surface area (Å²) in [5, 5.41) is 6.05. The van der Waals surface area contributed by atoms with E-state index in [9.17, 15) is 4.79 Å². The van der Waals surface area contributed by atoms with Gasteiger partial charge in [0.1, 0.15) is 5.75 Å². The van der Waals surface area contributed by atoms with E-state index < -0.39 is 0 Å². The molecule has 1 aromatic carbocycles. The van der Waals surface area contributed by atoms with Crippen molar-refractivity contribution >= 4 is 5.91 Å². The molecular weight excluding hydrogens is 216 g/mol. The topological polar surface area (TPSA) is 50.4 Å². The van der Waals surface area contributed by atoms with Gasteiger partial charge in [0.25, 0.3) is 0 Å². The van der Waals surface area contributed by atoms with Gasteiger partial charge in [0.2, 0.25) is 5.91 Å². The summed E-state index contributed by atoms with van der Waals surface area (Å²) in [6.45, 7) is 5.84. The summed E-state index contributed by atoms with van der Waals surface area (Å²) in [5.41, 5.74) is 2.19. The average Bonchev–Trinajstić information content (AvgIpc) is 2.33. The summed E-state index contributed by atoms with van der Waals surface area (Å²) in [4.78, 5) is 10.9. The first-order chi connectivity index (χ1) is 8.17. The first-order valence-electron chi connectivity index (χ1n) is 5.78. The molecule has 1 rings (SSSR count). The lowest BCUT2D eigenvalue weighted by atomic mass is 10.1. The monoisotopic (exact) mass is 236 g/mol. The number of hydrogen-bond acceptors (Lipinski definition) is 3. The highest BCUT2D eigenvalue weighted by molar-refractivity contribution is 5.72. The van der Waals surface area contributed by atoms with Crippen LogP contribution in [0.5, 0.6) is 5.75 Å². The molecule has 4 nitrogen and oxygen atoms in total. The highest BCUT2D eigenvalue weighted by atomic mass is 16.5. The molecule has 0 aliphatic carbocycles. The molecule has 0 heterocycles. The Bertz CT molecular complexity index is 378. The van der Waals surface area contributed by atoms with Crippen LogP contribution in [0.1, 0.15) is 25.0 Å². The first-order valence-corrected chi connectivity index (χ1v) is 5.78. The maximum absolute atomic E-state index is 10.9. The second-order valence-electron chi connectivity index (χ2n) is 3.84. The van der Waals surface area contributed by atoms with E-state index in [2.05, 4.69) is 23.6 Å². The van der Waals surface area contributed by atoms with Crippen LogP contribution >= 0.6 is 0 Å². The van der Waals surface area contributed by atoms with Crippen LogP contribution in [0.3, 0.4) is 0 Å². The van der Waals surface area contributed by atoms with Crippen LogP contribution in [-0.2, 0) is 17.9 Å². The number of carbonyl (C=O) groups excluding carboxylic acids is 1. The summed E-state index contributed by atoms with van der Waals surface area (Å²) < 4.78 is 5.27. The summed E-state index contributed by atoms with van der Waals surface area (Å²) in [7, 11) is 1.64. The Morgan fingerprint density at radius 2 is 2.12 bits per heavy atom. The third-order valence-corrected chi connectivity index (χ3v) is 2.45. The van der Waals surface area contributed by atoms with Crippen LogP contribution < -0.4 is 15.4 Å². The second-order valence-corrected chi connectivity index (χ2v) is 3.84. The Balaban J connectivity index is 2.78. The zero-order chi connectivity index (χ0) is 12.7. The van der Waals surface area contributed by atoms with Gasteiger partial charge in [-0.25, -0.2) is 0 Å². The van der Waals surface area contributed by atoms with Gasteiger partial charge in [0.15, 0.2) is 0 Å². The molecular formula is C13H20N2O2. The van der Waals surface area contributed by atoms with Gasteiger partial charge in [-0.2, -0.15) is 0 Å². The first kappa shape index (κ1) is 13.5. The van der Waals surface area contributed by atoms with Crippen LogP contribution in [0.25, 0.3) is 0 Å². The third-order valence-electron chi connectivity index (χ3n) is 2.45. The highest BCUT2D eigenvalue weighted by Gasteiger charge is 2.05. The molecule has 0 aliphatic heterocycles. The van der Waals surface area contributed by atoms with Crippen LogP contribution in [0.2, 0.25) is 0 Å². The summed E-state index contributed by atoms with van der Waals surface area (Å²) in [5.74, 6) is 0.767. The molecule has 0 saturated carbocycles. The van der Waals surface area contributed by atoms with Gasteiger partial charge >= 0.3 is 0 Å². The number of nitrogens with one attached hydrogen (secondary N) is 2. The molecule has 1 amide bonds. The minimum atomic E-state index is -0.0378. The standard InChI is InChI=1S/C13H20N2O2/c1-4-14-8-11-5-6-13(17-3)12(7-11)9-15-10(2)16/h5-7,14H,4,8-9H2,1-3H3,(H,15,16). The number of benzene rings is 1. The van der Waals surface area contributed by atoms with E-state index in [1.165, 1.54) is 12.5 Å². The van der Waals surface area contributed by atoms with Gasteiger partial charge in [0, 0.05) is 25.6 Å². The molecule has 4 heteroatoms. The molecule has 0 radical (unpaired) electrons. The predicted molar refractivity (Wildman–Crippen MR) is 67.9 cm³/mol. The zero-order valence-electron chi connectivity index (χ0n) is 10.7. The lowest BCUT2D eigenvalue weighted by Gasteiger charge is -2.11. The fourth-order valence-corrected chi connectivity index (χ4v) is 1.57. The Morgan fingerprint density at radius 3 is 2.71 bits per heavy atom. The molecule has 0 unspecified atom stereocenters. The van der Waals surface area contributed by atoms with Crippen LogP contribution in [0.15, 0.2) is 18.2 Å². The lowest BCUT2D eigenvalue weighted by molar-refractivity contribution is -0.119. The van der Waals surface area contributed by atoms with Crippen molar-refractivity contribution < 1.29 is 9.53 Å². The molecule has 1 aromatic rings. The van der Waals surface area contributed by atoms with Gasteiger partial charge in [-0.3, -0.25) is 4.79 Å². The number of amides is 1. The van der Waals surface area contributed by atoms with Crippen molar-refractivity contribution in [1.29, 1.82) is 0 Å². The fraction of sp³-hybridized carbons (Fsp3) is 0.462. The minimum absolute atomic E-state index is 0.0378. The fourth-order valence-electron chi connectivity index (χ4n) is 1.57. The largest absolute Gasteiger partial charge is 0.496 e.